The molecule has 2 aliphatic rings. The molecule has 2 rings (SSSR count). The SMILES string of the molecule is O=C(O)CC1CN(C(=O)N(CC(F)(F)F)C2CC2)CCO1. The molecule has 0 aromatic carbocycles. The molecule has 0 radical (unpaired) electrons. The van der Waals surface area contributed by atoms with Crippen molar-refractivity contribution in [3.63, 3.8) is 0 Å². The van der Waals surface area contributed by atoms with Crippen LogP contribution in [0.5, 0.6) is 0 Å². The van der Waals surface area contributed by atoms with Gasteiger partial charge in [0.1, 0.15) is 6.54 Å². The number of urea groups is 1. The molecule has 0 spiro atoms. The molecule has 0 aromatic rings. The Balaban J connectivity index is 1.97. The molecule has 1 heterocycles. The molecule has 0 bridgehead atoms. The molecule has 2 fully saturated rings. The maximum atomic E-state index is 12.6. The van der Waals surface area contributed by atoms with Crippen LogP contribution in [0.25, 0.3) is 0 Å². The summed E-state index contributed by atoms with van der Waals surface area (Å²) < 4.78 is 42.9. The topological polar surface area (TPSA) is 70.1 Å². The molecule has 1 saturated heterocycles. The van der Waals surface area contributed by atoms with Crippen LogP contribution >= 0.6 is 0 Å². The van der Waals surface area contributed by atoms with Crippen molar-refractivity contribution in [3.8, 4) is 0 Å². The quantitative estimate of drug-likeness (QED) is 0.850. The molecule has 120 valence electrons. The van der Waals surface area contributed by atoms with E-state index in [9.17, 15) is 22.8 Å². The van der Waals surface area contributed by atoms with E-state index in [0.29, 0.717) is 12.8 Å². The zero-order valence-corrected chi connectivity index (χ0v) is 11.3. The van der Waals surface area contributed by atoms with Crippen molar-refractivity contribution in [3.05, 3.63) is 0 Å². The van der Waals surface area contributed by atoms with Crippen molar-refractivity contribution in [1.82, 2.24) is 9.80 Å². The predicted molar refractivity (Wildman–Crippen MR) is 64.7 cm³/mol. The van der Waals surface area contributed by atoms with Gasteiger partial charge in [-0.25, -0.2) is 4.79 Å². The molecular weight excluding hydrogens is 293 g/mol. The smallest absolute Gasteiger partial charge is 0.406 e. The number of carbonyl (C=O) groups excluding carboxylic acids is 1. The average molecular weight is 310 g/mol. The summed E-state index contributed by atoms with van der Waals surface area (Å²) in [4.78, 5) is 25.0. The highest BCUT2D eigenvalue weighted by atomic mass is 19.4. The lowest BCUT2D eigenvalue weighted by atomic mass is 10.2. The summed E-state index contributed by atoms with van der Waals surface area (Å²) in [6.45, 7) is -0.950. The average Bonchev–Trinajstić information content (AvgIpc) is 3.18. The Labute approximate surface area is 119 Å². The van der Waals surface area contributed by atoms with Crippen LogP contribution in [0.3, 0.4) is 0 Å². The van der Waals surface area contributed by atoms with Gasteiger partial charge in [-0.05, 0) is 12.8 Å². The fraction of sp³-hybridized carbons (Fsp3) is 0.833. The second kappa shape index (κ2) is 6.08. The van der Waals surface area contributed by atoms with Crippen molar-refractivity contribution in [2.75, 3.05) is 26.2 Å². The predicted octanol–water partition coefficient (Wildman–Crippen LogP) is 1.31. The normalized spacial score (nSPS) is 23.0. The number of alkyl halides is 3. The molecule has 1 unspecified atom stereocenters. The van der Waals surface area contributed by atoms with E-state index >= 15 is 0 Å². The minimum absolute atomic E-state index is 0.00616. The minimum atomic E-state index is -4.44. The first-order valence-corrected chi connectivity index (χ1v) is 6.72. The highest BCUT2D eigenvalue weighted by molar-refractivity contribution is 5.75. The van der Waals surface area contributed by atoms with Gasteiger partial charge >= 0.3 is 18.2 Å². The van der Waals surface area contributed by atoms with E-state index in [1.165, 1.54) is 4.90 Å². The number of hydrogen-bond acceptors (Lipinski definition) is 3. The van der Waals surface area contributed by atoms with Gasteiger partial charge in [-0.3, -0.25) is 4.79 Å². The fourth-order valence-electron chi connectivity index (χ4n) is 2.33. The number of morpholine rings is 1. The second-order valence-corrected chi connectivity index (χ2v) is 5.29. The Kier molecular flexibility index (Phi) is 4.60. The highest BCUT2D eigenvalue weighted by Gasteiger charge is 2.42. The van der Waals surface area contributed by atoms with Crippen molar-refractivity contribution in [1.29, 1.82) is 0 Å². The van der Waals surface area contributed by atoms with Crippen molar-refractivity contribution in [2.45, 2.75) is 37.6 Å². The molecule has 9 heteroatoms. The fourth-order valence-corrected chi connectivity index (χ4v) is 2.33. The number of aliphatic carboxylic acids is 1. The third kappa shape index (κ3) is 4.76. The molecule has 1 N–H and O–H groups in total. The van der Waals surface area contributed by atoms with Gasteiger partial charge in [-0.2, -0.15) is 13.2 Å². The van der Waals surface area contributed by atoms with E-state index in [4.69, 9.17) is 9.84 Å². The molecule has 21 heavy (non-hydrogen) atoms. The Morgan fingerprint density at radius 2 is 2.00 bits per heavy atom. The molecular formula is C12H17F3N2O4. The summed E-state index contributed by atoms with van der Waals surface area (Å²) in [6.07, 6.45) is -4.24. The Morgan fingerprint density at radius 1 is 1.33 bits per heavy atom. The number of rotatable bonds is 4. The number of hydrogen-bond donors (Lipinski definition) is 1. The summed E-state index contributed by atoms with van der Waals surface area (Å²) in [5.74, 6) is -1.07. The maximum absolute atomic E-state index is 12.6. The van der Waals surface area contributed by atoms with Crippen LogP contribution in [0.2, 0.25) is 0 Å². The number of nitrogens with zero attached hydrogens (tertiary/aromatic N) is 2. The number of ether oxygens (including phenoxy) is 1. The number of carboxylic acid groups (broad SMARTS) is 1. The third-order valence-corrected chi connectivity index (χ3v) is 3.39. The van der Waals surface area contributed by atoms with Gasteiger partial charge in [0.2, 0.25) is 0 Å². The molecule has 2 amide bonds. The van der Waals surface area contributed by atoms with Crippen LogP contribution in [-0.4, -0.2) is 71.5 Å². The largest absolute Gasteiger partial charge is 0.481 e. The monoisotopic (exact) mass is 310 g/mol. The van der Waals surface area contributed by atoms with E-state index in [1.807, 2.05) is 0 Å². The summed E-state index contributed by atoms with van der Waals surface area (Å²) in [6, 6.07) is -1.05. The highest BCUT2D eigenvalue weighted by Crippen LogP contribution is 2.31. The van der Waals surface area contributed by atoms with Crippen LogP contribution < -0.4 is 0 Å². The number of amides is 2. The van der Waals surface area contributed by atoms with E-state index in [1.54, 1.807) is 0 Å². The summed E-state index contributed by atoms with van der Waals surface area (Å²) in [7, 11) is 0. The third-order valence-electron chi connectivity index (χ3n) is 3.39. The molecule has 0 aromatic heterocycles. The van der Waals surface area contributed by atoms with Gasteiger partial charge in [-0.15, -0.1) is 0 Å². The minimum Gasteiger partial charge on any atom is -0.481 e. The van der Waals surface area contributed by atoms with Gasteiger partial charge in [0, 0.05) is 19.1 Å². The first-order chi connectivity index (χ1) is 9.76. The van der Waals surface area contributed by atoms with Crippen LogP contribution in [0.4, 0.5) is 18.0 Å². The number of halogens is 3. The second-order valence-electron chi connectivity index (χ2n) is 5.29. The summed E-state index contributed by atoms with van der Waals surface area (Å²) in [5.41, 5.74) is 0. The summed E-state index contributed by atoms with van der Waals surface area (Å²) in [5, 5.41) is 8.71. The molecule has 1 saturated carbocycles. The van der Waals surface area contributed by atoms with E-state index in [2.05, 4.69) is 0 Å². The molecule has 1 aliphatic carbocycles. The van der Waals surface area contributed by atoms with Gasteiger partial charge in [-0.1, -0.05) is 0 Å². The van der Waals surface area contributed by atoms with Crippen LogP contribution in [0.1, 0.15) is 19.3 Å². The van der Waals surface area contributed by atoms with Gasteiger partial charge in [0.05, 0.1) is 19.1 Å². The van der Waals surface area contributed by atoms with Crippen LogP contribution in [0, 0.1) is 0 Å². The van der Waals surface area contributed by atoms with Gasteiger partial charge in [0.25, 0.3) is 0 Å². The first-order valence-electron chi connectivity index (χ1n) is 6.72. The van der Waals surface area contributed by atoms with Gasteiger partial charge in [0.15, 0.2) is 0 Å². The zero-order chi connectivity index (χ0) is 15.6. The molecule has 6 nitrogen and oxygen atoms in total. The lowest BCUT2D eigenvalue weighted by Crippen LogP contribution is -2.53. The summed E-state index contributed by atoms with van der Waals surface area (Å²) >= 11 is 0. The number of carboxylic acids is 1. The number of carbonyl (C=O) groups is 2. The molecule has 1 aliphatic heterocycles. The van der Waals surface area contributed by atoms with Crippen molar-refractivity contribution in [2.24, 2.45) is 0 Å². The van der Waals surface area contributed by atoms with E-state index in [-0.39, 0.29) is 32.2 Å². The van der Waals surface area contributed by atoms with Gasteiger partial charge < -0.3 is 19.6 Å². The lowest BCUT2D eigenvalue weighted by molar-refractivity contribution is -0.144. The standard InChI is InChI=1S/C12H17F3N2O4/c13-12(14,15)7-17(8-1-2-8)11(20)16-3-4-21-9(6-16)5-10(18)19/h8-9H,1-7H2,(H,18,19). The van der Waals surface area contributed by atoms with Crippen LogP contribution in [0.15, 0.2) is 0 Å². The lowest BCUT2D eigenvalue weighted by Gasteiger charge is -2.36. The Morgan fingerprint density at radius 3 is 2.52 bits per heavy atom. The van der Waals surface area contributed by atoms with E-state index in [0.717, 1.165) is 4.90 Å². The van der Waals surface area contributed by atoms with Crippen LogP contribution in [-0.2, 0) is 9.53 Å². The van der Waals surface area contributed by atoms with E-state index < -0.39 is 30.8 Å². The van der Waals surface area contributed by atoms with Crippen molar-refractivity contribution >= 4 is 12.0 Å². The Hall–Kier alpha value is -1.51. The first kappa shape index (κ1) is 15.9. The van der Waals surface area contributed by atoms with Crippen molar-refractivity contribution < 1.29 is 32.6 Å². The Bertz CT molecular complexity index is 412. The molecule has 1 atom stereocenters. The zero-order valence-electron chi connectivity index (χ0n) is 11.3. The maximum Gasteiger partial charge on any atom is 0.406 e.